The van der Waals surface area contributed by atoms with Crippen LogP contribution >= 0.6 is 0 Å². The van der Waals surface area contributed by atoms with E-state index in [0.717, 1.165) is 5.56 Å². The number of likely N-dealkylation sites (N-methyl/N-ethyl adjacent to an activating group) is 1. The highest BCUT2D eigenvalue weighted by Crippen LogP contribution is 2.17. The molecular formula is C16H18N4O2. The third-order valence-corrected chi connectivity index (χ3v) is 3.18. The summed E-state index contributed by atoms with van der Waals surface area (Å²) in [6.45, 7) is 0. The van der Waals surface area contributed by atoms with Crippen LogP contribution in [0.4, 0.5) is 11.4 Å². The van der Waals surface area contributed by atoms with Crippen LogP contribution in [0.25, 0.3) is 0 Å². The van der Waals surface area contributed by atoms with Gasteiger partial charge in [0.2, 0.25) is 5.91 Å². The maximum absolute atomic E-state index is 12.2. The first-order chi connectivity index (χ1) is 10.6. The van der Waals surface area contributed by atoms with Gasteiger partial charge in [-0.05, 0) is 29.8 Å². The predicted molar refractivity (Wildman–Crippen MR) is 86.4 cm³/mol. The van der Waals surface area contributed by atoms with Crippen LogP contribution in [-0.4, -0.2) is 18.9 Å². The largest absolute Gasteiger partial charge is 0.359 e. The molecule has 0 aliphatic heterocycles. The normalized spacial score (nSPS) is 9.91. The number of nitrogens with two attached hydrogens (primary N) is 1. The quantitative estimate of drug-likeness (QED) is 0.497. The Bertz CT molecular complexity index is 668. The molecule has 0 aliphatic rings. The molecular weight excluding hydrogens is 280 g/mol. The fourth-order valence-electron chi connectivity index (χ4n) is 1.99. The highest BCUT2D eigenvalue weighted by atomic mass is 16.2. The van der Waals surface area contributed by atoms with Crippen molar-refractivity contribution < 1.29 is 9.59 Å². The molecule has 2 amide bonds. The van der Waals surface area contributed by atoms with E-state index in [1.807, 2.05) is 0 Å². The molecule has 22 heavy (non-hydrogen) atoms. The topological polar surface area (TPSA) is 96.2 Å². The van der Waals surface area contributed by atoms with Crippen LogP contribution in [0, 0.1) is 0 Å². The number of hydrogen-bond donors (Lipinski definition) is 4. The summed E-state index contributed by atoms with van der Waals surface area (Å²) >= 11 is 0. The summed E-state index contributed by atoms with van der Waals surface area (Å²) in [5, 5.41) is 5.36. The molecule has 0 saturated heterocycles. The lowest BCUT2D eigenvalue weighted by atomic mass is 10.1. The minimum absolute atomic E-state index is 0.0558. The molecule has 2 rings (SSSR count). The second-order valence-corrected chi connectivity index (χ2v) is 4.69. The molecule has 5 N–H and O–H groups in total. The fourth-order valence-corrected chi connectivity index (χ4v) is 1.99. The Morgan fingerprint density at radius 1 is 1.05 bits per heavy atom. The second-order valence-electron chi connectivity index (χ2n) is 4.69. The number of carbonyl (C=O) groups excluding carboxylic acids is 2. The molecule has 0 spiro atoms. The number of anilines is 2. The first-order valence-corrected chi connectivity index (χ1v) is 6.80. The van der Waals surface area contributed by atoms with Crippen molar-refractivity contribution in [1.82, 2.24) is 5.32 Å². The van der Waals surface area contributed by atoms with E-state index >= 15 is 0 Å². The molecule has 6 heteroatoms. The lowest BCUT2D eigenvalue weighted by Gasteiger charge is -2.10. The molecule has 114 valence electrons. The van der Waals surface area contributed by atoms with Gasteiger partial charge in [0.25, 0.3) is 5.91 Å². The van der Waals surface area contributed by atoms with Crippen LogP contribution in [0.5, 0.6) is 0 Å². The van der Waals surface area contributed by atoms with Crippen molar-refractivity contribution in [3.8, 4) is 0 Å². The molecule has 0 atom stereocenters. The molecule has 0 unspecified atom stereocenters. The zero-order chi connectivity index (χ0) is 15.9. The van der Waals surface area contributed by atoms with Crippen molar-refractivity contribution in [2.24, 2.45) is 5.84 Å². The summed E-state index contributed by atoms with van der Waals surface area (Å²) < 4.78 is 0. The van der Waals surface area contributed by atoms with Gasteiger partial charge in [0.1, 0.15) is 0 Å². The number of benzene rings is 2. The number of para-hydroxylation sites is 1. The van der Waals surface area contributed by atoms with Gasteiger partial charge in [-0.2, -0.15) is 0 Å². The van der Waals surface area contributed by atoms with Crippen LogP contribution in [0.1, 0.15) is 15.9 Å². The standard InChI is InChI=1S/C16H18N4O2/c1-18-15(21)10-11-6-8-12(9-7-11)19-16(22)13-4-2-3-5-14(13)20-17/h2-9,20H,10,17H2,1H3,(H,18,21)(H,19,22). The number of nitrogens with one attached hydrogen (secondary N) is 3. The predicted octanol–water partition coefficient (Wildman–Crippen LogP) is 1.51. The van der Waals surface area contributed by atoms with Crippen LogP contribution in [0.3, 0.4) is 0 Å². The van der Waals surface area contributed by atoms with Crippen LogP contribution in [-0.2, 0) is 11.2 Å². The molecule has 0 saturated carbocycles. The van der Waals surface area contributed by atoms with E-state index < -0.39 is 0 Å². The van der Waals surface area contributed by atoms with E-state index in [2.05, 4.69) is 16.1 Å². The summed E-state index contributed by atoms with van der Waals surface area (Å²) in [6, 6.07) is 14.1. The Hall–Kier alpha value is -2.86. The molecule has 6 nitrogen and oxygen atoms in total. The van der Waals surface area contributed by atoms with Crippen LogP contribution in [0.15, 0.2) is 48.5 Å². The summed E-state index contributed by atoms with van der Waals surface area (Å²) in [5.74, 6) is 5.08. The third-order valence-electron chi connectivity index (χ3n) is 3.18. The number of rotatable bonds is 5. The molecule has 0 fully saturated rings. The maximum atomic E-state index is 12.2. The Morgan fingerprint density at radius 2 is 1.73 bits per heavy atom. The van der Waals surface area contributed by atoms with E-state index in [9.17, 15) is 9.59 Å². The molecule has 2 aromatic carbocycles. The molecule has 0 aromatic heterocycles. The highest BCUT2D eigenvalue weighted by Gasteiger charge is 2.10. The fraction of sp³-hybridized carbons (Fsp3) is 0.125. The zero-order valence-corrected chi connectivity index (χ0v) is 12.2. The van der Waals surface area contributed by atoms with E-state index in [0.29, 0.717) is 23.4 Å². The van der Waals surface area contributed by atoms with Gasteiger partial charge in [-0.3, -0.25) is 15.4 Å². The Morgan fingerprint density at radius 3 is 2.36 bits per heavy atom. The van der Waals surface area contributed by atoms with E-state index in [4.69, 9.17) is 5.84 Å². The molecule has 0 heterocycles. The van der Waals surface area contributed by atoms with Crippen molar-refractivity contribution in [3.05, 3.63) is 59.7 Å². The van der Waals surface area contributed by atoms with Crippen molar-refractivity contribution in [3.63, 3.8) is 0 Å². The molecule has 0 radical (unpaired) electrons. The molecule has 2 aromatic rings. The van der Waals surface area contributed by atoms with Gasteiger partial charge in [0, 0.05) is 12.7 Å². The van der Waals surface area contributed by atoms with E-state index in [1.54, 1.807) is 55.6 Å². The van der Waals surface area contributed by atoms with Crippen molar-refractivity contribution >= 4 is 23.2 Å². The summed E-state index contributed by atoms with van der Waals surface area (Å²) in [6.07, 6.45) is 0.310. The number of carbonyl (C=O) groups is 2. The summed E-state index contributed by atoms with van der Waals surface area (Å²) in [4.78, 5) is 23.5. The van der Waals surface area contributed by atoms with Gasteiger partial charge in [-0.15, -0.1) is 0 Å². The lowest BCUT2D eigenvalue weighted by molar-refractivity contribution is -0.119. The van der Waals surface area contributed by atoms with E-state index in [1.165, 1.54) is 0 Å². The van der Waals surface area contributed by atoms with Crippen molar-refractivity contribution in [2.75, 3.05) is 17.8 Å². The average molecular weight is 298 g/mol. The monoisotopic (exact) mass is 298 g/mol. The maximum Gasteiger partial charge on any atom is 0.257 e. The van der Waals surface area contributed by atoms with Gasteiger partial charge >= 0.3 is 0 Å². The van der Waals surface area contributed by atoms with Gasteiger partial charge in [0.05, 0.1) is 17.7 Å². The smallest absolute Gasteiger partial charge is 0.257 e. The first-order valence-electron chi connectivity index (χ1n) is 6.80. The van der Waals surface area contributed by atoms with Crippen LogP contribution in [0.2, 0.25) is 0 Å². The molecule has 0 bridgehead atoms. The van der Waals surface area contributed by atoms with Crippen molar-refractivity contribution in [2.45, 2.75) is 6.42 Å². The Labute approximate surface area is 128 Å². The zero-order valence-electron chi connectivity index (χ0n) is 12.2. The van der Waals surface area contributed by atoms with Crippen molar-refractivity contribution in [1.29, 1.82) is 0 Å². The summed E-state index contributed by atoms with van der Waals surface area (Å²) in [5.41, 5.74) is 5.03. The van der Waals surface area contributed by atoms with Gasteiger partial charge < -0.3 is 16.1 Å². The third kappa shape index (κ3) is 3.83. The SMILES string of the molecule is CNC(=O)Cc1ccc(NC(=O)c2ccccc2NN)cc1. The molecule has 0 aliphatic carbocycles. The minimum atomic E-state index is -0.257. The van der Waals surface area contributed by atoms with Gasteiger partial charge in [-0.1, -0.05) is 24.3 Å². The Kier molecular flexibility index (Phi) is 5.11. The average Bonchev–Trinajstić information content (AvgIpc) is 2.56. The Balaban J connectivity index is 2.07. The second kappa shape index (κ2) is 7.24. The number of hydrazine groups is 1. The summed E-state index contributed by atoms with van der Waals surface area (Å²) in [7, 11) is 1.60. The number of amides is 2. The minimum Gasteiger partial charge on any atom is -0.359 e. The number of hydrogen-bond acceptors (Lipinski definition) is 4. The first kappa shape index (κ1) is 15.5. The number of nitrogen functional groups attached to an aromatic ring is 1. The van der Waals surface area contributed by atoms with Crippen LogP contribution < -0.4 is 21.9 Å². The van der Waals surface area contributed by atoms with Gasteiger partial charge in [-0.25, -0.2) is 0 Å². The van der Waals surface area contributed by atoms with Gasteiger partial charge in [0.15, 0.2) is 0 Å². The lowest BCUT2D eigenvalue weighted by Crippen LogP contribution is -2.20. The highest BCUT2D eigenvalue weighted by molar-refractivity contribution is 6.08. The van der Waals surface area contributed by atoms with E-state index in [-0.39, 0.29) is 11.8 Å².